The number of anilines is 2. The fraction of sp³-hybridized carbons (Fsp3) is 0.0909. The van der Waals surface area contributed by atoms with Gasteiger partial charge in [-0.05, 0) is 48.5 Å². The van der Waals surface area contributed by atoms with E-state index in [1.807, 2.05) is 29.6 Å². The number of amides is 2. The van der Waals surface area contributed by atoms with Crippen LogP contribution in [0, 0.1) is 0 Å². The Morgan fingerprint density at radius 2 is 1.78 bits per heavy atom. The molecule has 32 heavy (non-hydrogen) atoms. The molecule has 0 saturated carbocycles. The number of rotatable bonds is 9. The normalized spacial score (nSPS) is 10.7. The third-order valence-corrected chi connectivity index (χ3v) is 5.78. The molecule has 0 atom stereocenters. The molecule has 0 spiro atoms. The van der Waals surface area contributed by atoms with Crippen molar-refractivity contribution >= 4 is 51.7 Å². The zero-order valence-corrected chi connectivity index (χ0v) is 18.5. The highest BCUT2D eigenvalue weighted by molar-refractivity contribution is 8.00. The second-order valence-electron chi connectivity index (χ2n) is 6.29. The maximum absolute atomic E-state index is 12.3. The van der Waals surface area contributed by atoms with E-state index in [0.717, 1.165) is 34.1 Å². The van der Waals surface area contributed by atoms with Crippen LogP contribution in [-0.2, 0) is 14.4 Å². The van der Waals surface area contributed by atoms with Crippen LogP contribution in [0.25, 0.3) is 11.3 Å². The molecule has 0 aliphatic heterocycles. The number of carboxylic acids is 1. The largest absolute Gasteiger partial charge is 0.497 e. The monoisotopic (exact) mass is 469 g/mol. The van der Waals surface area contributed by atoms with Gasteiger partial charge in [0.1, 0.15) is 5.75 Å². The number of benzene rings is 2. The van der Waals surface area contributed by atoms with Crippen LogP contribution < -0.4 is 15.4 Å². The number of thiazole rings is 1. The third-order valence-electron chi connectivity index (χ3n) is 4.01. The van der Waals surface area contributed by atoms with Crippen LogP contribution in [0.2, 0.25) is 0 Å². The lowest BCUT2D eigenvalue weighted by Crippen LogP contribution is -2.13. The summed E-state index contributed by atoms with van der Waals surface area (Å²) in [5, 5.41) is 16.3. The predicted octanol–water partition coefficient (Wildman–Crippen LogP) is 4.13. The number of hydrogen-bond donors (Lipinski definition) is 3. The standard InChI is InChI=1S/C22H19N3O5S2/c1-30-16-6-2-14(3-7-16)18-12-32-22(24-18)25-20(27)13-31-17-8-4-15(5-9-17)23-19(26)10-11-21(28)29/h2-12H,13H2,1H3,(H,23,26)(H,28,29)(H,24,25,27)/b11-10+. The summed E-state index contributed by atoms with van der Waals surface area (Å²) in [6, 6.07) is 14.4. The molecule has 0 fully saturated rings. The first-order chi connectivity index (χ1) is 15.4. The first kappa shape index (κ1) is 23.0. The van der Waals surface area contributed by atoms with Crippen molar-refractivity contribution in [1.29, 1.82) is 0 Å². The molecule has 164 valence electrons. The highest BCUT2D eigenvalue weighted by atomic mass is 32.2. The summed E-state index contributed by atoms with van der Waals surface area (Å²) in [6.07, 6.45) is 1.70. The van der Waals surface area contributed by atoms with Crippen LogP contribution in [-0.4, -0.2) is 40.7 Å². The van der Waals surface area contributed by atoms with Crippen LogP contribution in [0.4, 0.5) is 10.8 Å². The van der Waals surface area contributed by atoms with E-state index in [-0.39, 0.29) is 11.7 Å². The molecular weight excluding hydrogens is 450 g/mol. The van der Waals surface area contributed by atoms with Crippen molar-refractivity contribution in [2.75, 3.05) is 23.5 Å². The van der Waals surface area contributed by atoms with Gasteiger partial charge in [0.05, 0.1) is 18.6 Å². The van der Waals surface area contributed by atoms with Gasteiger partial charge in [-0.15, -0.1) is 23.1 Å². The van der Waals surface area contributed by atoms with E-state index in [9.17, 15) is 14.4 Å². The number of aromatic nitrogens is 1. The lowest BCUT2D eigenvalue weighted by Gasteiger charge is -2.05. The van der Waals surface area contributed by atoms with Crippen molar-refractivity contribution in [3.63, 3.8) is 0 Å². The first-order valence-electron chi connectivity index (χ1n) is 9.27. The van der Waals surface area contributed by atoms with Gasteiger partial charge in [-0.1, -0.05) is 0 Å². The predicted molar refractivity (Wildman–Crippen MR) is 125 cm³/mol. The van der Waals surface area contributed by atoms with Crippen molar-refractivity contribution in [2.45, 2.75) is 4.90 Å². The van der Waals surface area contributed by atoms with Crippen LogP contribution >= 0.6 is 23.1 Å². The molecule has 8 nitrogen and oxygen atoms in total. The van der Waals surface area contributed by atoms with Crippen molar-refractivity contribution in [3.8, 4) is 17.0 Å². The highest BCUT2D eigenvalue weighted by Gasteiger charge is 2.09. The number of thioether (sulfide) groups is 1. The minimum Gasteiger partial charge on any atom is -0.497 e. The summed E-state index contributed by atoms with van der Waals surface area (Å²) in [6.45, 7) is 0. The number of carboxylic acid groups (broad SMARTS) is 1. The van der Waals surface area contributed by atoms with Crippen LogP contribution in [0.15, 0.2) is 71.0 Å². The second kappa shape index (κ2) is 11.1. The Bertz CT molecular complexity index is 1130. The number of carbonyl (C=O) groups excluding carboxylic acids is 2. The summed E-state index contributed by atoms with van der Waals surface area (Å²) >= 11 is 2.69. The Balaban J connectivity index is 1.48. The Hall–Kier alpha value is -3.63. The quantitative estimate of drug-likeness (QED) is 0.319. The lowest BCUT2D eigenvalue weighted by atomic mass is 10.2. The molecule has 2 aromatic carbocycles. The Kier molecular flexibility index (Phi) is 8.01. The molecule has 0 bridgehead atoms. The smallest absolute Gasteiger partial charge is 0.328 e. The van der Waals surface area contributed by atoms with Crippen LogP contribution in [0.1, 0.15) is 0 Å². The number of carbonyl (C=O) groups is 3. The molecule has 10 heteroatoms. The number of nitrogens with one attached hydrogen (secondary N) is 2. The second-order valence-corrected chi connectivity index (χ2v) is 8.20. The molecule has 3 N–H and O–H groups in total. The lowest BCUT2D eigenvalue weighted by molar-refractivity contribution is -0.131. The maximum atomic E-state index is 12.3. The molecule has 3 aromatic rings. The van der Waals surface area contributed by atoms with Crippen molar-refractivity contribution < 1.29 is 24.2 Å². The van der Waals surface area contributed by atoms with Gasteiger partial charge in [0, 0.05) is 33.7 Å². The molecule has 0 aliphatic rings. The van der Waals surface area contributed by atoms with E-state index in [2.05, 4.69) is 15.6 Å². The van der Waals surface area contributed by atoms with Gasteiger partial charge in [-0.2, -0.15) is 0 Å². The molecule has 0 radical (unpaired) electrons. The fourth-order valence-electron chi connectivity index (χ4n) is 2.50. The minimum absolute atomic E-state index is 0.179. The molecule has 3 rings (SSSR count). The summed E-state index contributed by atoms with van der Waals surface area (Å²) in [5.74, 6) is -0.948. The topological polar surface area (TPSA) is 118 Å². The van der Waals surface area contributed by atoms with Crippen molar-refractivity contribution in [2.24, 2.45) is 0 Å². The number of nitrogens with zero attached hydrogens (tertiary/aromatic N) is 1. The molecule has 0 aliphatic carbocycles. The zero-order chi connectivity index (χ0) is 22.9. The molecular formula is C22H19N3O5S2. The first-order valence-corrected chi connectivity index (χ1v) is 11.1. The Labute approximate surface area is 192 Å². The number of hydrogen-bond acceptors (Lipinski definition) is 7. The van der Waals surface area contributed by atoms with E-state index in [0.29, 0.717) is 10.8 Å². The molecule has 1 heterocycles. The Morgan fingerprint density at radius 3 is 2.44 bits per heavy atom. The van der Waals surface area contributed by atoms with Crippen LogP contribution in [0.5, 0.6) is 5.75 Å². The van der Waals surface area contributed by atoms with Gasteiger partial charge in [0.25, 0.3) is 0 Å². The molecule has 0 saturated heterocycles. The average Bonchev–Trinajstić information content (AvgIpc) is 3.25. The summed E-state index contributed by atoms with van der Waals surface area (Å²) < 4.78 is 5.15. The van der Waals surface area contributed by atoms with Gasteiger partial charge in [-0.3, -0.25) is 9.59 Å². The summed E-state index contributed by atoms with van der Waals surface area (Å²) in [5.41, 5.74) is 2.23. The van der Waals surface area contributed by atoms with E-state index >= 15 is 0 Å². The zero-order valence-electron chi connectivity index (χ0n) is 16.9. The van der Waals surface area contributed by atoms with Gasteiger partial charge in [-0.25, -0.2) is 9.78 Å². The average molecular weight is 470 g/mol. The number of methoxy groups -OCH3 is 1. The summed E-state index contributed by atoms with van der Waals surface area (Å²) in [4.78, 5) is 39.6. The minimum atomic E-state index is -1.19. The molecule has 1 aromatic heterocycles. The molecule has 2 amide bonds. The number of ether oxygens (including phenoxy) is 1. The highest BCUT2D eigenvalue weighted by Crippen LogP contribution is 2.27. The van der Waals surface area contributed by atoms with Crippen molar-refractivity contribution in [3.05, 3.63) is 66.1 Å². The summed E-state index contributed by atoms with van der Waals surface area (Å²) in [7, 11) is 1.61. The maximum Gasteiger partial charge on any atom is 0.328 e. The van der Waals surface area contributed by atoms with Gasteiger partial charge < -0.3 is 20.5 Å². The van der Waals surface area contributed by atoms with E-state index in [1.165, 1.54) is 23.1 Å². The number of aliphatic carboxylic acids is 1. The van der Waals surface area contributed by atoms with Crippen LogP contribution in [0.3, 0.4) is 0 Å². The van der Waals surface area contributed by atoms with E-state index in [4.69, 9.17) is 9.84 Å². The molecule has 0 unspecified atom stereocenters. The van der Waals surface area contributed by atoms with E-state index in [1.54, 1.807) is 31.4 Å². The SMILES string of the molecule is COc1ccc(-c2csc(NC(=O)CSc3ccc(NC(=O)/C=C/C(=O)O)cc3)n2)cc1. The van der Waals surface area contributed by atoms with Gasteiger partial charge in [0.15, 0.2) is 5.13 Å². The van der Waals surface area contributed by atoms with Crippen molar-refractivity contribution in [1.82, 2.24) is 4.98 Å². The van der Waals surface area contributed by atoms with Gasteiger partial charge in [0.2, 0.25) is 11.8 Å². The van der Waals surface area contributed by atoms with E-state index < -0.39 is 11.9 Å². The fourth-order valence-corrected chi connectivity index (χ4v) is 3.93. The van der Waals surface area contributed by atoms with Gasteiger partial charge >= 0.3 is 5.97 Å². The third kappa shape index (κ3) is 6.96. The Morgan fingerprint density at radius 1 is 1.06 bits per heavy atom.